The number of carbonyl (C=O) groups excluding carboxylic acids is 1. The molecule has 1 saturated carbocycles. The number of nitrogens with one attached hydrogen (secondary N) is 3. The van der Waals surface area contributed by atoms with Gasteiger partial charge in [-0.15, -0.1) is 0 Å². The first-order chi connectivity index (χ1) is 12.6. The van der Waals surface area contributed by atoms with E-state index in [4.69, 9.17) is 4.74 Å². The molecular weight excluding hydrogens is 326 g/mol. The fourth-order valence-electron chi connectivity index (χ4n) is 4.43. The van der Waals surface area contributed by atoms with Gasteiger partial charge in [0.2, 0.25) is 0 Å². The number of benzene rings is 1. The lowest BCUT2D eigenvalue weighted by molar-refractivity contribution is -1.02. The fourth-order valence-corrected chi connectivity index (χ4v) is 4.43. The Hall–Kier alpha value is -1.59. The lowest BCUT2D eigenvalue weighted by Crippen LogP contribution is -3.29. The van der Waals surface area contributed by atoms with E-state index in [-0.39, 0.29) is 11.9 Å². The van der Waals surface area contributed by atoms with E-state index in [9.17, 15) is 4.79 Å². The third-order valence-electron chi connectivity index (χ3n) is 6.18. The smallest absolute Gasteiger partial charge is 0.278 e. The van der Waals surface area contributed by atoms with Gasteiger partial charge in [-0.05, 0) is 38.8 Å². The number of aryl methyl sites for hydroxylation is 1. The number of rotatable bonds is 6. The van der Waals surface area contributed by atoms with E-state index >= 15 is 0 Å². The first-order valence-electron chi connectivity index (χ1n) is 10.2. The fraction of sp³-hybridized carbons (Fsp3) is 0.667. The lowest BCUT2D eigenvalue weighted by Gasteiger charge is -2.33. The molecule has 1 aromatic carbocycles. The Kier molecular flexibility index (Phi) is 6.54. The Bertz CT molecular complexity index is 605. The summed E-state index contributed by atoms with van der Waals surface area (Å²) in [6, 6.07) is 6.89. The van der Waals surface area contributed by atoms with Gasteiger partial charge in [0.15, 0.2) is 6.04 Å². The van der Waals surface area contributed by atoms with E-state index in [1.54, 1.807) is 12.0 Å². The number of piperazine rings is 1. The van der Waals surface area contributed by atoms with Gasteiger partial charge < -0.3 is 19.9 Å². The summed E-state index contributed by atoms with van der Waals surface area (Å²) in [6.07, 6.45) is 4.83. The second-order valence-electron chi connectivity index (χ2n) is 8.11. The van der Waals surface area contributed by atoms with Crippen molar-refractivity contribution in [3.8, 4) is 5.75 Å². The maximum Gasteiger partial charge on any atom is 0.278 e. The molecule has 1 heterocycles. The number of quaternary nitrogens is 2. The van der Waals surface area contributed by atoms with Crippen LogP contribution in [0.1, 0.15) is 43.7 Å². The van der Waals surface area contributed by atoms with Gasteiger partial charge in [0, 0.05) is 11.6 Å². The van der Waals surface area contributed by atoms with Crippen molar-refractivity contribution in [2.45, 2.75) is 58.2 Å². The summed E-state index contributed by atoms with van der Waals surface area (Å²) >= 11 is 0. The van der Waals surface area contributed by atoms with Crippen molar-refractivity contribution in [1.29, 1.82) is 0 Å². The molecule has 2 aliphatic rings. The minimum atomic E-state index is 0.0608. The second-order valence-corrected chi connectivity index (χ2v) is 8.11. The molecule has 2 fully saturated rings. The van der Waals surface area contributed by atoms with E-state index in [1.165, 1.54) is 28.9 Å². The van der Waals surface area contributed by atoms with Crippen LogP contribution in [-0.2, 0) is 11.3 Å². The zero-order valence-electron chi connectivity index (χ0n) is 16.6. The van der Waals surface area contributed by atoms with Crippen molar-refractivity contribution in [2.75, 3.05) is 33.3 Å². The first-order valence-corrected chi connectivity index (χ1v) is 10.2. The molecule has 1 aromatic rings. The van der Waals surface area contributed by atoms with Crippen molar-refractivity contribution >= 4 is 5.91 Å². The topological polar surface area (TPSA) is 47.2 Å². The minimum absolute atomic E-state index is 0.0608. The SMILES string of the molecule is COc1ccc(C)cc1C[NH+]1CC[NH+]([C@H](C)C(=O)NC2CCCC2)CC1. The zero-order chi connectivity index (χ0) is 18.5. The summed E-state index contributed by atoms with van der Waals surface area (Å²) in [6.45, 7) is 9.55. The van der Waals surface area contributed by atoms with Gasteiger partial charge in [0.1, 0.15) is 38.5 Å². The monoisotopic (exact) mass is 361 g/mol. The first kappa shape index (κ1) is 19.2. The average molecular weight is 362 g/mol. The van der Waals surface area contributed by atoms with Gasteiger partial charge in [0.05, 0.1) is 7.11 Å². The molecule has 5 nitrogen and oxygen atoms in total. The molecule has 5 heteroatoms. The Morgan fingerprint density at radius 2 is 1.92 bits per heavy atom. The third-order valence-corrected chi connectivity index (χ3v) is 6.18. The predicted octanol–water partition coefficient (Wildman–Crippen LogP) is -0.266. The van der Waals surface area contributed by atoms with Gasteiger partial charge in [-0.25, -0.2) is 0 Å². The molecule has 144 valence electrons. The molecule has 0 unspecified atom stereocenters. The van der Waals surface area contributed by atoms with Crippen LogP contribution in [0.3, 0.4) is 0 Å². The van der Waals surface area contributed by atoms with E-state index < -0.39 is 0 Å². The van der Waals surface area contributed by atoms with Crippen LogP contribution in [0.25, 0.3) is 0 Å². The van der Waals surface area contributed by atoms with Gasteiger partial charge in [-0.2, -0.15) is 0 Å². The van der Waals surface area contributed by atoms with Gasteiger partial charge in [-0.3, -0.25) is 4.79 Å². The highest BCUT2D eigenvalue weighted by molar-refractivity contribution is 5.80. The highest BCUT2D eigenvalue weighted by Gasteiger charge is 2.32. The lowest BCUT2D eigenvalue weighted by atomic mass is 10.1. The van der Waals surface area contributed by atoms with Crippen molar-refractivity contribution in [2.24, 2.45) is 0 Å². The summed E-state index contributed by atoms with van der Waals surface area (Å²) < 4.78 is 5.52. The maximum absolute atomic E-state index is 12.5. The number of carbonyl (C=O) groups is 1. The average Bonchev–Trinajstić information content (AvgIpc) is 3.15. The molecule has 0 radical (unpaired) electrons. The number of ether oxygens (including phenoxy) is 1. The Morgan fingerprint density at radius 1 is 1.23 bits per heavy atom. The van der Waals surface area contributed by atoms with Gasteiger partial charge in [-0.1, -0.05) is 24.5 Å². The number of amides is 1. The number of hydrogen-bond acceptors (Lipinski definition) is 2. The summed E-state index contributed by atoms with van der Waals surface area (Å²) in [4.78, 5) is 15.6. The number of hydrogen-bond donors (Lipinski definition) is 3. The van der Waals surface area contributed by atoms with Crippen LogP contribution in [0.15, 0.2) is 18.2 Å². The van der Waals surface area contributed by atoms with Crippen LogP contribution >= 0.6 is 0 Å². The minimum Gasteiger partial charge on any atom is -0.496 e. The molecule has 1 atom stereocenters. The van der Waals surface area contributed by atoms with Crippen LogP contribution in [0.2, 0.25) is 0 Å². The summed E-state index contributed by atoms with van der Waals surface area (Å²) in [5, 5.41) is 3.27. The molecule has 0 aromatic heterocycles. The molecular formula is C21H35N3O2+2. The van der Waals surface area contributed by atoms with Crippen LogP contribution in [0, 0.1) is 6.92 Å². The van der Waals surface area contributed by atoms with Crippen LogP contribution in [0.5, 0.6) is 5.75 Å². The third kappa shape index (κ3) is 4.77. The van der Waals surface area contributed by atoms with Crippen molar-refractivity contribution in [1.82, 2.24) is 5.32 Å². The van der Waals surface area contributed by atoms with Gasteiger partial charge in [0.25, 0.3) is 5.91 Å². The zero-order valence-corrected chi connectivity index (χ0v) is 16.6. The normalized spacial score (nSPS) is 25.0. The van der Waals surface area contributed by atoms with Crippen LogP contribution < -0.4 is 19.9 Å². The Labute approximate surface area is 157 Å². The largest absolute Gasteiger partial charge is 0.496 e. The maximum atomic E-state index is 12.5. The molecule has 3 N–H and O–H groups in total. The number of methoxy groups -OCH3 is 1. The quantitative estimate of drug-likeness (QED) is 0.654. The molecule has 3 rings (SSSR count). The summed E-state index contributed by atoms with van der Waals surface area (Å²) in [7, 11) is 1.75. The van der Waals surface area contributed by atoms with Crippen LogP contribution in [0.4, 0.5) is 0 Å². The molecule has 1 saturated heterocycles. The molecule has 1 amide bonds. The predicted molar refractivity (Wildman–Crippen MR) is 103 cm³/mol. The molecule has 0 bridgehead atoms. The van der Waals surface area contributed by atoms with Crippen molar-refractivity contribution in [3.63, 3.8) is 0 Å². The van der Waals surface area contributed by atoms with Crippen LogP contribution in [-0.4, -0.2) is 51.3 Å². The summed E-state index contributed by atoms with van der Waals surface area (Å²) in [5.74, 6) is 1.23. The van der Waals surface area contributed by atoms with Gasteiger partial charge >= 0.3 is 0 Å². The van der Waals surface area contributed by atoms with E-state index in [0.717, 1.165) is 51.3 Å². The molecule has 1 aliphatic carbocycles. The highest BCUT2D eigenvalue weighted by Crippen LogP contribution is 2.18. The standard InChI is InChI=1S/C21H33N3O2/c1-16-8-9-20(26-3)18(14-16)15-23-10-12-24(13-11-23)17(2)21(25)22-19-6-4-5-7-19/h8-9,14,17,19H,4-7,10-13,15H2,1-3H3,(H,22,25)/p+2/t17-/m1/s1. The molecule has 1 aliphatic heterocycles. The van der Waals surface area contributed by atoms with E-state index in [1.807, 2.05) is 0 Å². The summed E-state index contributed by atoms with van der Waals surface area (Å²) in [5.41, 5.74) is 2.57. The van der Waals surface area contributed by atoms with Crippen molar-refractivity contribution < 1.29 is 19.3 Å². The Morgan fingerprint density at radius 3 is 2.58 bits per heavy atom. The van der Waals surface area contributed by atoms with Crippen molar-refractivity contribution in [3.05, 3.63) is 29.3 Å². The van der Waals surface area contributed by atoms with E-state index in [2.05, 4.69) is 37.4 Å². The second kappa shape index (κ2) is 8.87. The molecule has 0 spiro atoms. The molecule has 26 heavy (non-hydrogen) atoms. The Balaban J connectivity index is 1.49. The highest BCUT2D eigenvalue weighted by atomic mass is 16.5. The van der Waals surface area contributed by atoms with E-state index in [0.29, 0.717) is 6.04 Å².